The number of H-pyrrole nitrogens is 1. The summed E-state index contributed by atoms with van der Waals surface area (Å²) in [6, 6.07) is 9.03. The van der Waals surface area contributed by atoms with Gasteiger partial charge in [-0.15, -0.1) is 10.2 Å². The van der Waals surface area contributed by atoms with Gasteiger partial charge < -0.3 is 10.3 Å². The van der Waals surface area contributed by atoms with Gasteiger partial charge in [0.1, 0.15) is 0 Å². The van der Waals surface area contributed by atoms with Crippen molar-refractivity contribution in [3.05, 3.63) is 30.5 Å². The number of carbonyl (C=O) groups excluding carboxylic acids is 1. The predicted octanol–water partition coefficient (Wildman–Crippen LogP) is 4.69. The van der Waals surface area contributed by atoms with Crippen LogP contribution >= 0.6 is 11.8 Å². The van der Waals surface area contributed by atoms with Crippen LogP contribution in [0.1, 0.15) is 57.9 Å². The number of aromatic amines is 1. The molecule has 3 aromatic rings. The minimum atomic E-state index is -0.186. The van der Waals surface area contributed by atoms with Gasteiger partial charge in [0, 0.05) is 34.7 Å². The Morgan fingerprint density at radius 3 is 2.76 bits per heavy atom. The highest BCUT2D eigenvalue weighted by atomic mass is 32.2. The lowest BCUT2D eigenvalue weighted by atomic mass is 9.95. The summed E-state index contributed by atoms with van der Waals surface area (Å²) < 4.78 is 2.24. The summed E-state index contributed by atoms with van der Waals surface area (Å²) in [6.07, 6.45) is 10.2. The molecular formula is C22H27N5OS. The summed E-state index contributed by atoms with van der Waals surface area (Å²) in [5.41, 5.74) is 2.17. The van der Waals surface area contributed by atoms with Gasteiger partial charge in [0.15, 0.2) is 11.0 Å². The number of hydrogen-bond acceptors (Lipinski definition) is 4. The molecule has 1 amide bonds. The number of nitrogens with one attached hydrogen (secondary N) is 2. The van der Waals surface area contributed by atoms with Crippen LogP contribution in [0.2, 0.25) is 0 Å². The van der Waals surface area contributed by atoms with Gasteiger partial charge in [0.25, 0.3) is 0 Å². The van der Waals surface area contributed by atoms with Gasteiger partial charge in [-0.3, -0.25) is 9.36 Å². The lowest BCUT2D eigenvalue weighted by molar-refractivity contribution is -0.121. The molecule has 0 aliphatic heterocycles. The number of fused-ring (bicyclic) bond motifs is 1. The Kier molecular flexibility index (Phi) is 5.08. The van der Waals surface area contributed by atoms with E-state index in [0.717, 1.165) is 53.1 Å². The van der Waals surface area contributed by atoms with Crippen LogP contribution in [0.15, 0.2) is 35.6 Å². The molecule has 2 fully saturated rings. The molecule has 1 aromatic carbocycles. The van der Waals surface area contributed by atoms with Crippen LogP contribution in [-0.4, -0.2) is 36.9 Å². The second kappa shape index (κ2) is 7.86. The molecule has 2 aliphatic carbocycles. The molecule has 1 atom stereocenters. The summed E-state index contributed by atoms with van der Waals surface area (Å²) >= 11 is 1.53. The third-order valence-electron chi connectivity index (χ3n) is 6.01. The molecular weight excluding hydrogens is 382 g/mol. The number of rotatable bonds is 6. The fourth-order valence-electron chi connectivity index (χ4n) is 4.24. The maximum Gasteiger partial charge on any atom is 0.233 e. The Hall–Kier alpha value is -2.28. The molecule has 152 valence electrons. The topological polar surface area (TPSA) is 75.6 Å². The second-order valence-electron chi connectivity index (χ2n) is 8.26. The number of amides is 1. The average Bonchev–Trinajstić information content (AvgIpc) is 3.36. The number of aromatic nitrogens is 4. The Morgan fingerprint density at radius 1 is 1.17 bits per heavy atom. The summed E-state index contributed by atoms with van der Waals surface area (Å²) in [5.74, 6) is 1.01. The van der Waals surface area contributed by atoms with Crippen LogP contribution in [-0.2, 0) is 4.79 Å². The van der Waals surface area contributed by atoms with E-state index in [1.165, 1.54) is 31.0 Å². The largest absolute Gasteiger partial charge is 0.360 e. The van der Waals surface area contributed by atoms with E-state index in [9.17, 15) is 4.79 Å². The van der Waals surface area contributed by atoms with E-state index in [1.54, 1.807) is 0 Å². The highest BCUT2D eigenvalue weighted by Crippen LogP contribution is 2.42. The van der Waals surface area contributed by atoms with Crippen molar-refractivity contribution >= 4 is 28.6 Å². The van der Waals surface area contributed by atoms with E-state index in [1.807, 2.05) is 25.3 Å². The molecule has 2 saturated carbocycles. The zero-order valence-electron chi connectivity index (χ0n) is 16.7. The molecule has 0 saturated heterocycles. The van der Waals surface area contributed by atoms with Gasteiger partial charge in [0.05, 0.1) is 5.25 Å². The lowest BCUT2D eigenvalue weighted by Crippen LogP contribution is -2.40. The zero-order valence-corrected chi connectivity index (χ0v) is 17.5. The molecule has 2 aliphatic rings. The highest BCUT2D eigenvalue weighted by molar-refractivity contribution is 8.00. The van der Waals surface area contributed by atoms with Crippen LogP contribution in [0.5, 0.6) is 0 Å². The number of nitrogens with zero attached hydrogens (tertiary/aromatic N) is 3. The van der Waals surface area contributed by atoms with Gasteiger partial charge in [-0.1, -0.05) is 49.2 Å². The van der Waals surface area contributed by atoms with Crippen molar-refractivity contribution in [3.63, 3.8) is 0 Å². The molecule has 2 N–H and O–H groups in total. The molecule has 0 bridgehead atoms. The SMILES string of the molecule is C[C@H](Sc1nnc(-c2c[nH]c3ccccc23)n1C1CC1)C(=O)NC1CCCCC1. The smallest absolute Gasteiger partial charge is 0.233 e. The molecule has 6 nitrogen and oxygen atoms in total. The van der Waals surface area contributed by atoms with Crippen LogP contribution < -0.4 is 5.32 Å². The lowest BCUT2D eigenvalue weighted by Gasteiger charge is -2.24. The Bertz CT molecular complexity index is 1020. The summed E-state index contributed by atoms with van der Waals surface area (Å²) in [5, 5.41) is 14.1. The highest BCUT2D eigenvalue weighted by Gasteiger charge is 2.32. The van der Waals surface area contributed by atoms with Gasteiger partial charge in [0.2, 0.25) is 5.91 Å². The van der Waals surface area contributed by atoms with Gasteiger partial charge in [-0.05, 0) is 38.7 Å². The number of para-hydroxylation sites is 1. The monoisotopic (exact) mass is 409 g/mol. The fraction of sp³-hybridized carbons (Fsp3) is 0.500. The molecule has 5 rings (SSSR count). The Balaban J connectivity index is 1.38. The van der Waals surface area contributed by atoms with Crippen LogP contribution in [0.4, 0.5) is 0 Å². The summed E-state index contributed by atoms with van der Waals surface area (Å²) in [6.45, 7) is 1.97. The number of thioether (sulfide) groups is 1. The predicted molar refractivity (Wildman–Crippen MR) is 116 cm³/mol. The second-order valence-corrected chi connectivity index (χ2v) is 9.57. The maximum absolute atomic E-state index is 12.7. The van der Waals surface area contributed by atoms with E-state index in [-0.39, 0.29) is 11.2 Å². The summed E-state index contributed by atoms with van der Waals surface area (Å²) in [7, 11) is 0. The minimum Gasteiger partial charge on any atom is -0.360 e. The zero-order chi connectivity index (χ0) is 19.8. The van der Waals surface area contributed by atoms with Crippen molar-refractivity contribution < 1.29 is 4.79 Å². The van der Waals surface area contributed by atoms with Gasteiger partial charge in [-0.25, -0.2) is 0 Å². The quantitative estimate of drug-likeness (QED) is 0.579. The first-order valence-electron chi connectivity index (χ1n) is 10.7. The third kappa shape index (κ3) is 3.80. The number of carbonyl (C=O) groups is 1. The van der Waals surface area contributed by atoms with Crippen molar-refractivity contribution in [2.24, 2.45) is 0 Å². The first-order valence-corrected chi connectivity index (χ1v) is 11.6. The van der Waals surface area contributed by atoms with Crippen LogP contribution in [0.3, 0.4) is 0 Å². The molecule has 2 aromatic heterocycles. The van der Waals surface area contributed by atoms with E-state index >= 15 is 0 Å². The fourth-order valence-corrected chi connectivity index (χ4v) is 5.16. The third-order valence-corrected chi connectivity index (χ3v) is 7.07. The normalized spacial score (nSPS) is 18.8. The standard InChI is InChI=1S/C22H27N5OS/c1-14(21(28)24-15-7-3-2-4-8-15)29-22-26-25-20(27(22)16-11-12-16)18-13-23-19-10-6-5-9-17(18)19/h5-6,9-10,13-16,23H,2-4,7-8,11-12H2,1H3,(H,24,28)/t14-/m0/s1. The van der Waals surface area contributed by atoms with E-state index in [0.29, 0.717) is 12.1 Å². The van der Waals surface area contributed by atoms with Crippen molar-refractivity contribution in [2.45, 2.75) is 74.4 Å². The van der Waals surface area contributed by atoms with Crippen molar-refractivity contribution in [1.29, 1.82) is 0 Å². The Labute approximate surface area is 174 Å². The molecule has 29 heavy (non-hydrogen) atoms. The number of benzene rings is 1. The molecule has 0 radical (unpaired) electrons. The summed E-state index contributed by atoms with van der Waals surface area (Å²) in [4.78, 5) is 16.1. The van der Waals surface area contributed by atoms with E-state index < -0.39 is 0 Å². The molecule has 0 unspecified atom stereocenters. The van der Waals surface area contributed by atoms with Gasteiger partial charge >= 0.3 is 0 Å². The molecule has 0 spiro atoms. The number of hydrogen-bond donors (Lipinski definition) is 2. The van der Waals surface area contributed by atoms with Crippen molar-refractivity contribution in [3.8, 4) is 11.4 Å². The van der Waals surface area contributed by atoms with E-state index in [4.69, 9.17) is 0 Å². The Morgan fingerprint density at radius 2 is 1.97 bits per heavy atom. The molecule has 2 heterocycles. The minimum absolute atomic E-state index is 0.112. The van der Waals surface area contributed by atoms with E-state index in [2.05, 4.69) is 37.2 Å². The molecule has 7 heteroatoms. The average molecular weight is 410 g/mol. The van der Waals surface area contributed by atoms with Crippen molar-refractivity contribution in [1.82, 2.24) is 25.1 Å². The maximum atomic E-state index is 12.7. The van der Waals surface area contributed by atoms with Gasteiger partial charge in [-0.2, -0.15) is 0 Å². The first kappa shape index (κ1) is 18.7. The van der Waals surface area contributed by atoms with Crippen LogP contribution in [0, 0.1) is 0 Å². The van der Waals surface area contributed by atoms with Crippen molar-refractivity contribution in [2.75, 3.05) is 0 Å². The van der Waals surface area contributed by atoms with Crippen LogP contribution in [0.25, 0.3) is 22.3 Å². The first-order chi connectivity index (χ1) is 14.2.